The molecule has 0 bridgehead atoms. The van der Waals surface area contributed by atoms with Crippen LogP contribution in [0.15, 0.2) is 18.2 Å². The van der Waals surface area contributed by atoms with Crippen molar-refractivity contribution in [3.8, 4) is 0 Å². The Bertz CT molecular complexity index is 907. The highest BCUT2D eigenvalue weighted by Crippen LogP contribution is 2.44. The second kappa shape index (κ2) is 9.71. The maximum Gasteiger partial charge on any atom is 0.425 e. The number of hydrogen-bond acceptors (Lipinski definition) is 4. The number of likely N-dealkylation sites (tertiary alicyclic amines) is 1. The number of amides is 1. The molecule has 1 atom stereocenters. The molecule has 0 spiro atoms. The second-order valence-corrected chi connectivity index (χ2v) is 9.80. The molecule has 3 rings (SSSR count). The van der Waals surface area contributed by atoms with Crippen molar-refractivity contribution in [2.24, 2.45) is 0 Å². The van der Waals surface area contributed by atoms with Gasteiger partial charge in [0.25, 0.3) is 0 Å². The van der Waals surface area contributed by atoms with E-state index in [-0.39, 0.29) is 18.6 Å². The summed E-state index contributed by atoms with van der Waals surface area (Å²) in [6.45, 7) is 3.66. The van der Waals surface area contributed by atoms with Crippen molar-refractivity contribution in [3.05, 3.63) is 35.1 Å². The van der Waals surface area contributed by atoms with E-state index in [9.17, 15) is 32.3 Å². The molecule has 1 saturated heterocycles. The van der Waals surface area contributed by atoms with Crippen LogP contribution in [0.25, 0.3) is 0 Å². The second-order valence-electron chi connectivity index (χ2n) is 9.80. The number of halogens is 4. The van der Waals surface area contributed by atoms with Crippen molar-refractivity contribution in [1.29, 1.82) is 0 Å². The Kier molecular flexibility index (Phi) is 7.50. The lowest BCUT2D eigenvalue weighted by Crippen LogP contribution is -2.53. The van der Waals surface area contributed by atoms with Crippen LogP contribution in [-0.4, -0.2) is 64.9 Å². The molecular formula is C24H32F4N2O4. The van der Waals surface area contributed by atoms with Gasteiger partial charge in [-0.05, 0) is 69.8 Å². The van der Waals surface area contributed by atoms with Gasteiger partial charge < -0.3 is 14.7 Å². The summed E-state index contributed by atoms with van der Waals surface area (Å²) in [7, 11) is 1.88. The summed E-state index contributed by atoms with van der Waals surface area (Å²) in [6, 6.07) is 4.31. The molecule has 2 aliphatic rings. The molecule has 1 aliphatic carbocycles. The van der Waals surface area contributed by atoms with Crippen LogP contribution < -0.4 is 0 Å². The smallest absolute Gasteiger partial charge is 0.425 e. The third-order valence-corrected chi connectivity index (χ3v) is 7.62. The van der Waals surface area contributed by atoms with Gasteiger partial charge in [-0.15, -0.1) is 0 Å². The van der Waals surface area contributed by atoms with Crippen molar-refractivity contribution >= 4 is 12.1 Å². The van der Waals surface area contributed by atoms with E-state index >= 15 is 0 Å². The van der Waals surface area contributed by atoms with E-state index in [0.717, 1.165) is 25.3 Å². The molecule has 1 N–H and O–H groups in total. The van der Waals surface area contributed by atoms with Gasteiger partial charge in [-0.1, -0.05) is 18.9 Å². The van der Waals surface area contributed by atoms with E-state index < -0.39 is 35.6 Å². The van der Waals surface area contributed by atoms with Crippen molar-refractivity contribution in [3.63, 3.8) is 0 Å². The molecule has 1 aromatic carbocycles. The highest BCUT2D eigenvalue weighted by Gasteiger charge is 2.45. The fraction of sp³-hybridized carbons (Fsp3) is 0.667. The first kappa shape index (κ1) is 26.2. The molecule has 2 fully saturated rings. The standard InChI is InChI=1S/C24H32F4N2O4/c1-16(24(26,27)28)34-21(33)30-12-10-22(2,11-13-30)29(3)15-17-6-7-18(25)14-19(17)23(20(31)32)8-4-5-9-23/h6-7,14,16H,4-5,8-13,15H2,1-3H3,(H,31,32). The maximum absolute atomic E-state index is 14.2. The van der Waals surface area contributed by atoms with E-state index in [1.54, 1.807) is 6.07 Å². The Hall–Kier alpha value is -2.36. The number of carboxylic acids is 1. The minimum atomic E-state index is -4.61. The molecule has 1 unspecified atom stereocenters. The van der Waals surface area contributed by atoms with Crippen LogP contribution in [0.3, 0.4) is 0 Å². The van der Waals surface area contributed by atoms with Gasteiger partial charge in [0.15, 0.2) is 6.10 Å². The Morgan fingerprint density at radius 3 is 2.29 bits per heavy atom. The molecule has 1 saturated carbocycles. The molecule has 0 aromatic heterocycles. The Balaban J connectivity index is 1.71. The molecule has 1 aliphatic heterocycles. The predicted molar refractivity (Wildman–Crippen MR) is 117 cm³/mol. The van der Waals surface area contributed by atoms with E-state index in [4.69, 9.17) is 0 Å². The number of aliphatic carboxylic acids is 1. The van der Waals surface area contributed by atoms with E-state index in [0.29, 0.717) is 37.8 Å². The molecule has 34 heavy (non-hydrogen) atoms. The van der Waals surface area contributed by atoms with Gasteiger partial charge in [-0.2, -0.15) is 13.2 Å². The minimum absolute atomic E-state index is 0.236. The molecule has 0 radical (unpaired) electrons. The van der Waals surface area contributed by atoms with E-state index in [2.05, 4.69) is 9.64 Å². The number of rotatable bonds is 6. The zero-order chi connectivity index (χ0) is 25.3. The Labute approximate surface area is 196 Å². The fourth-order valence-electron chi connectivity index (χ4n) is 5.00. The number of alkyl halides is 3. The normalized spacial score (nSPS) is 20.9. The van der Waals surface area contributed by atoms with Crippen LogP contribution in [0.4, 0.5) is 22.4 Å². The summed E-state index contributed by atoms with van der Waals surface area (Å²) in [6.07, 6.45) is -4.30. The largest absolute Gasteiger partial charge is 0.481 e. The van der Waals surface area contributed by atoms with Crippen molar-refractivity contribution in [2.75, 3.05) is 20.1 Å². The topological polar surface area (TPSA) is 70.1 Å². The van der Waals surface area contributed by atoms with Gasteiger partial charge >= 0.3 is 18.2 Å². The van der Waals surface area contributed by atoms with Gasteiger partial charge in [-0.3, -0.25) is 9.69 Å². The van der Waals surface area contributed by atoms with E-state index in [1.807, 2.05) is 14.0 Å². The summed E-state index contributed by atoms with van der Waals surface area (Å²) in [4.78, 5) is 27.7. The van der Waals surface area contributed by atoms with E-state index in [1.165, 1.54) is 17.0 Å². The highest BCUT2D eigenvalue weighted by atomic mass is 19.4. The lowest BCUT2D eigenvalue weighted by molar-refractivity contribution is -0.200. The maximum atomic E-state index is 14.2. The van der Waals surface area contributed by atoms with Crippen LogP contribution in [0.1, 0.15) is 63.5 Å². The SMILES string of the molecule is CC(OC(=O)N1CCC(C)(N(C)Cc2ccc(F)cc2C2(C(=O)O)CCCC2)CC1)C(F)(F)F. The van der Waals surface area contributed by atoms with Gasteiger partial charge in [0.1, 0.15) is 5.82 Å². The van der Waals surface area contributed by atoms with Crippen molar-refractivity contribution < 1.29 is 37.0 Å². The number of piperidine rings is 1. The first-order chi connectivity index (χ1) is 15.8. The fourth-order valence-corrected chi connectivity index (χ4v) is 5.00. The van der Waals surface area contributed by atoms with Gasteiger partial charge in [0.05, 0.1) is 5.41 Å². The number of carboxylic acid groups (broad SMARTS) is 1. The van der Waals surface area contributed by atoms with Crippen molar-refractivity contribution in [1.82, 2.24) is 9.80 Å². The zero-order valence-electron chi connectivity index (χ0n) is 19.8. The van der Waals surface area contributed by atoms with Crippen LogP contribution in [0.2, 0.25) is 0 Å². The summed E-state index contributed by atoms with van der Waals surface area (Å²) in [5.74, 6) is -1.41. The van der Waals surface area contributed by atoms with Crippen LogP contribution in [0, 0.1) is 5.82 Å². The summed E-state index contributed by atoms with van der Waals surface area (Å²) in [5.41, 5.74) is -0.226. The Morgan fingerprint density at radius 1 is 1.18 bits per heavy atom. The molecule has 190 valence electrons. The average Bonchev–Trinajstić information content (AvgIpc) is 3.26. The number of nitrogens with zero attached hydrogens (tertiary/aromatic N) is 2. The average molecular weight is 489 g/mol. The molecule has 1 heterocycles. The Morgan fingerprint density at radius 2 is 1.76 bits per heavy atom. The zero-order valence-corrected chi connectivity index (χ0v) is 19.8. The number of carbonyl (C=O) groups excluding carboxylic acids is 1. The minimum Gasteiger partial charge on any atom is -0.481 e. The number of benzene rings is 1. The first-order valence-electron chi connectivity index (χ1n) is 11.5. The first-order valence-corrected chi connectivity index (χ1v) is 11.5. The van der Waals surface area contributed by atoms with Gasteiger partial charge in [0, 0.05) is 25.2 Å². The van der Waals surface area contributed by atoms with Crippen LogP contribution in [0.5, 0.6) is 0 Å². The summed E-state index contributed by atoms with van der Waals surface area (Å²) < 4.78 is 56.8. The molecular weight excluding hydrogens is 456 g/mol. The lowest BCUT2D eigenvalue weighted by atomic mass is 9.76. The van der Waals surface area contributed by atoms with Gasteiger partial charge in [-0.25, -0.2) is 9.18 Å². The molecule has 1 amide bonds. The van der Waals surface area contributed by atoms with Crippen molar-refractivity contribution in [2.45, 2.75) is 82.2 Å². The molecule has 1 aromatic rings. The number of ether oxygens (including phenoxy) is 1. The lowest BCUT2D eigenvalue weighted by Gasteiger charge is -2.45. The number of carbonyl (C=O) groups is 2. The number of hydrogen-bond donors (Lipinski definition) is 1. The molecule has 10 heteroatoms. The highest BCUT2D eigenvalue weighted by molar-refractivity contribution is 5.82. The van der Waals surface area contributed by atoms with Gasteiger partial charge in [0.2, 0.25) is 0 Å². The van der Waals surface area contributed by atoms with Crippen LogP contribution in [-0.2, 0) is 21.5 Å². The third kappa shape index (κ3) is 5.31. The predicted octanol–water partition coefficient (Wildman–Crippen LogP) is 5.10. The molecule has 6 nitrogen and oxygen atoms in total. The third-order valence-electron chi connectivity index (χ3n) is 7.62. The quantitative estimate of drug-likeness (QED) is 0.565. The monoisotopic (exact) mass is 488 g/mol. The van der Waals surface area contributed by atoms with Crippen LogP contribution >= 0.6 is 0 Å². The summed E-state index contributed by atoms with van der Waals surface area (Å²) >= 11 is 0. The summed E-state index contributed by atoms with van der Waals surface area (Å²) in [5, 5.41) is 10.0.